The Hall–Kier alpha value is -0.860. The highest BCUT2D eigenvalue weighted by Crippen LogP contribution is 2.24. The van der Waals surface area contributed by atoms with E-state index in [9.17, 15) is 0 Å². The molecule has 1 atom stereocenters. The summed E-state index contributed by atoms with van der Waals surface area (Å²) in [6, 6.07) is 8.49. The predicted molar refractivity (Wildman–Crippen MR) is 116 cm³/mol. The summed E-state index contributed by atoms with van der Waals surface area (Å²) < 4.78 is 6.03. The molecule has 1 unspecified atom stereocenters. The number of halogens is 1. The van der Waals surface area contributed by atoms with Crippen molar-refractivity contribution >= 4 is 29.9 Å². The minimum Gasteiger partial charge on any atom is -0.370 e. The molecule has 1 aromatic rings. The molecule has 1 aliphatic heterocycles. The Kier molecular flexibility index (Phi) is 10.4. The van der Waals surface area contributed by atoms with E-state index in [1.54, 1.807) is 0 Å². The zero-order chi connectivity index (χ0) is 17.4. The molecule has 5 nitrogen and oxygen atoms in total. The molecule has 1 fully saturated rings. The summed E-state index contributed by atoms with van der Waals surface area (Å²) in [4.78, 5) is 9.42. The number of likely N-dealkylation sites (N-methyl/N-ethyl adjacent to an activating group) is 1. The molecule has 0 aromatic heterocycles. The van der Waals surface area contributed by atoms with Gasteiger partial charge >= 0.3 is 0 Å². The van der Waals surface area contributed by atoms with E-state index < -0.39 is 0 Å². The van der Waals surface area contributed by atoms with Crippen molar-refractivity contribution < 1.29 is 4.74 Å². The van der Waals surface area contributed by atoms with Gasteiger partial charge in [0.25, 0.3) is 0 Å². The van der Waals surface area contributed by atoms with E-state index in [2.05, 4.69) is 67.2 Å². The molecular formula is C19H33IN4O. The first-order chi connectivity index (χ1) is 11.7. The van der Waals surface area contributed by atoms with Gasteiger partial charge in [0.1, 0.15) is 6.10 Å². The van der Waals surface area contributed by atoms with Crippen molar-refractivity contribution in [2.24, 2.45) is 4.99 Å². The fourth-order valence-electron chi connectivity index (χ4n) is 2.89. The third-order valence-corrected chi connectivity index (χ3v) is 4.52. The molecule has 0 spiro atoms. The lowest BCUT2D eigenvalue weighted by molar-refractivity contribution is -0.00833. The summed E-state index contributed by atoms with van der Waals surface area (Å²) in [6.07, 6.45) is 0.113. The van der Waals surface area contributed by atoms with E-state index in [-0.39, 0.29) is 30.1 Å². The lowest BCUT2D eigenvalue weighted by atomic mass is 10.0. The molecule has 1 aliphatic rings. The maximum atomic E-state index is 6.03. The van der Waals surface area contributed by atoms with Gasteiger partial charge in [0.15, 0.2) is 5.96 Å². The van der Waals surface area contributed by atoms with Crippen LogP contribution >= 0.6 is 24.0 Å². The fourth-order valence-corrected chi connectivity index (χ4v) is 2.89. The molecular weight excluding hydrogens is 427 g/mol. The van der Waals surface area contributed by atoms with E-state index >= 15 is 0 Å². The lowest BCUT2D eigenvalue weighted by Gasteiger charge is -2.36. The van der Waals surface area contributed by atoms with Gasteiger partial charge in [-0.05, 0) is 38.6 Å². The highest BCUT2D eigenvalue weighted by Gasteiger charge is 2.25. The van der Waals surface area contributed by atoms with Gasteiger partial charge in [-0.3, -0.25) is 4.99 Å². The normalized spacial score (nSPS) is 18.2. The third-order valence-electron chi connectivity index (χ3n) is 4.52. The Morgan fingerprint density at radius 2 is 2.12 bits per heavy atom. The van der Waals surface area contributed by atoms with E-state index in [1.807, 2.05) is 0 Å². The highest BCUT2D eigenvalue weighted by molar-refractivity contribution is 14.0. The molecule has 0 aliphatic carbocycles. The van der Waals surface area contributed by atoms with Crippen LogP contribution in [-0.2, 0) is 4.74 Å². The highest BCUT2D eigenvalue weighted by atomic mass is 127. The van der Waals surface area contributed by atoms with Crippen molar-refractivity contribution in [1.29, 1.82) is 0 Å². The zero-order valence-corrected chi connectivity index (χ0v) is 18.3. The van der Waals surface area contributed by atoms with Crippen LogP contribution in [0, 0.1) is 6.92 Å². The first-order valence-corrected chi connectivity index (χ1v) is 9.04. The summed E-state index contributed by atoms with van der Waals surface area (Å²) in [5.74, 6) is 1.00. The number of nitrogens with zero attached hydrogens (tertiary/aromatic N) is 3. The number of morpholine rings is 1. The molecule has 1 N–H and O–H groups in total. The van der Waals surface area contributed by atoms with Gasteiger partial charge in [-0.1, -0.05) is 31.2 Å². The molecule has 1 saturated heterocycles. The summed E-state index contributed by atoms with van der Waals surface area (Å²) in [7, 11) is 2.13. The van der Waals surface area contributed by atoms with E-state index in [4.69, 9.17) is 9.73 Å². The number of rotatable bonds is 6. The second-order valence-electron chi connectivity index (χ2n) is 6.29. The molecule has 25 heavy (non-hydrogen) atoms. The summed E-state index contributed by atoms with van der Waals surface area (Å²) in [5, 5.41) is 3.43. The van der Waals surface area contributed by atoms with Crippen LogP contribution in [0.25, 0.3) is 0 Å². The number of aliphatic imine (C=N–C) groups is 1. The van der Waals surface area contributed by atoms with Crippen LogP contribution in [0.3, 0.4) is 0 Å². The Bertz CT molecular complexity index is 538. The number of nitrogens with one attached hydrogen (secondary N) is 1. The molecule has 142 valence electrons. The minimum absolute atomic E-state index is 0. The van der Waals surface area contributed by atoms with Crippen molar-refractivity contribution in [3.63, 3.8) is 0 Å². The van der Waals surface area contributed by atoms with Gasteiger partial charge in [0.05, 0.1) is 19.7 Å². The van der Waals surface area contributed by atoms with Gasteiger partial charge in [-0.25, -0.2) is 0 Å². The molecule has 1 aromatic carbocycles. The number of hydrogen-bond acceptors (Lipinski definition) is 3. The quantitative estimate of drug-likeness (QED) is 0.403. The van der Waals surface area contributed by atoms with Crippen molar-refractivity contribution in [1.82, 2.24) is 15.1 Å². The minimum atomic E-state index is 0. The fraction of sp³-hybridized carbons (Fsp3) is 0.632. The molecule has 1 heterocycles. The standard InChI is InChI=1S/C19H32N4O.HI/c1-5-20-19(21-11-12-22(4)6-2)23-13-14-24-18(15-23)17-10-8-7-9-16(17)3;/h7-10,18H,5-6,11-15H2,1-4H3,(H,20,21);1H. The Morgan fingerprint density at radius 3 is 2.80 bits per heavy atom. The second-order valence-corrected chi connectivity index (χ2v) is 6.29. The average molecular weight is 460 g/mol. The van der Waals surface area contributed by atoms with Crippen LogP contribution in [0.1, 0.15) is 31.1 Å². The van der Waals surface area contributed by atoms with Crippen molar-refractivity contribution in [2.75, 3.05) is 52.9 Å². The van der Waals surface area contributed by atoms with Crippen LogP contribution in [0.4, 0.5) is 0 Å². The van der Waals surface area contributed by atoms with Gasteiger partial charge in [-0.15, -0.1) is 24.0 Å². The first-order valence-electron chi connectivity index (χ1n) is 9.04. The summed E-state index contributed by atoms with van der Waals surface area (Å²) in [6.45, 7) is 12.6. The Balaban J connectivity index is 0.00000312. The van der Waals surface area contributed by atoms with Crippen LogP contribution in [0.5, 0.6) is 0 Å². The monoisotopic (exact) mass is 460 g/mol. The largest absolute Gasteiger partial charge is 0.370 e. The molecule has 6 heteroatoms. The van der Waals surface area contributed by atoms with Gasteiger partial charge in [0.2, 0.25) is 0 Å². The number of guanidine groups is 1. The molecule has 2 rings (SSSR count). The van der Waals surface area contributed by atoms with Crippen LogP contribution in [-0.4, -0.2) is 68.7 Å². The second kappa shape index (κ2) is 11.7. The first kappa shape index (κ1) is 22.2. The lowest BCUT2D eigenvalue weighted by Crippen LogP contribution is -2.48. The van der Waals surface area contributed by atoms with Gasteiger partial charge < -0.3 is 19.9 Å². The smallest absolute Gasteiger partial charge is 0.194 e. The van der Waals surface area contributed by atoms with Crippen molar-refractivity contribution in [3.8, 4) is 0 Å². The number of aryl methyl sites for hydroxylation is 1. The van der Waals surface area contributed by atoms with Crippen LogP contribution in [0.15, 0.2) is 29.3 Å². The number of hydrogen-bond donors (Lipinski definition) is 1. The zero-order valence-electron chi connectivity index (χ0n) is 16.0. The molecule has 0 amide bonds. The molecule has 0 radical (unpaired) electrons. The van der Waals surface area contributed by atoms with Crippen LogP contribution in [0.2, 0.25) is 0 Å². The SMILES string of the molecule is CCNC(=NCCN(C)CC)N1CCOC(c2ccccc2C)C1.I. The molecule has 0 saturated carbocycles. The summed E-state index contributed by atoms with van der Waals surface area (Å²) in [5.41, 5.74) is 2.57. The maximum Gasteiger partial charge on any atom is 0.194 e. The van der Waals surface area contributed by atoms with E-state index in [0.717, 1.165) is 51.8 Å². The topological polar surface area (TPSA) is 40.1 Å². The Labute approximate surface area is 169 Å². The van der Waals surface area contributed by atoms with E-state index in [1.165, 1.54) is 11.1 Å². The average Bonchev–Trinajstić information content (AvgIpc) is 2.61. The van der Waals surface area contributed by atoms with Crippen molar-refractivity contribution in [3.05, 3.63) is 35.4 Å². The number of benzene rings is 1. The van der Waals surface area contributed by atoms with Crippen molar-refractivity contribution in [2.45, 2.75) is 26.9 Å². The number of ether oxygens (including phenoxy) is 1. The van der Waals surface area contributed by atoms with Gasteiger partial charge in [-0.2, -0.15) is 0 Å². The van der Waals surface area contributed by atoms with Crippen LogP contribution < -0.4 is 5.32 Å². The Morgan fingerprint density at radius 1 is 1.36 bits per heavy atom. The van der Waals surface area contributed by atoms with Gasteiger partial charge in [0, 0.05) is 19.6 Å². The third kappa shape index (κ3) is 6.75. The van der Waals surface area contributed by atoms with E-state index in [0.29, 0.717) is 0 Å². The summed E-state index contributed by atoms with van der Waals surface area (Å²) >= 11 is 0. The predicted octanol–water partition coefficient (Wildman–Crippen LogP) is 2.90. The maximum absolute atomic E-state index is 6.03. The molecule has 0 bridgehead atoms.